The molecular weight excluding hydrogens is 302 g/mol. The molecule has 7 nitrogen and oxygen atoms in total. The molecule has 116 valence electrons. The zero-order chi connectivity index (χ0) is 15.0. The monoisotopic (exact) mass is 323 g/mol. The van der Waals surface area contributed by atoms with Crippen LogP contribution in [-0.4, -0.2) is 56.3 Å². The summed E-state index contributed by atoms with van der Waals surface area (Å²) in [6, 6.07) is 0.0119. The average Bonchev–Trinajstić information content (AvgIpc) is 3.12. The molecule has 0 atom stereocenters. The first-order valence-electron chi connectivity index (χ1n) is 6.76. The minimum atomic E-state index is -3.49. The quantitative estimate of drug-likeness (QED) is 0.512. The van der Waals surface area contributed by atoms with Gasteiger partial charge in [-0.05, 0) is 25.7 Å². The van der Waals surface area contributed by atoms with Crippen LogP contribution in [0.15, 0.2) is 0 Å². The fraction of sp³-hybridized carbons (Fsp3) is 0.909. The van der Waals surface area contributed by atoms with Crippen LogP contribution in [0.4, 0.5) is 0 Å². The van der Waals surface area contributed by atoms with Gasteiger partial charge in [0.1, 0.15) is 9.84 Å². The Bertz CT molecular complexity index is 567. The highest BCUT2D eigenvalue weighted by Gasteiger charge is 2.42. The van der Waals surface area contributed by atoms with Crippen molar-refractivity contribution in [3.8, 4) is 0 Å². The van der Waals surface area contributed by atoms with Gasteiger partial charge in [0.25, 0.3) is 0 Å². The van der Waals surface area contributed by atoms with Crippen molar-refractivity contribution in [1.29, 1.82) is 5.41 Å². The van der Waals surface area contributed by atoms with Crippen LogP contribution in [0.3, 0.4) is 0 Å². The van der Waals surface area contributed by atoms with Crippen LogP contribution >= 0.6 is 0 Å². The standard InChI is InChI=1S/C11H21N3O4S2/c12-11(13)3-6-14(9-1-2-9)20(17,18)10-4-7-19(15,16)8-5-10/h9-10H,1-8H2,(H3,12,13). The molecule has 1 heterocycles. The van der Waals surface area contributed by atoms with Crippen LogP contribution in [-0.2, 0) is 19.9 Å². The van der Waals surface area contributed by atoms with E-state index in [1.165, 1.54) is 4.31 Å². The lowest BCUT2D eigenvalue weighted by atomic mass is 10.2. The minimum Gasteiger partial charge on any atom is -0.388 e. The Morgan fingerprint density at radius 1 is 1.20 bits per heavy atom. The number of hydrogen-bond donors (Lipinski definition) is 2. The largest absolute Gasteiger partial charge is 0.388 e. The predicted octanol–water partition coefficient (Wildman–Crippen LogP) is -0.316. The molecule has 0 aromatic rings. The van der Waals surface area contributed by atoms with Crippen molar-refractivity contribution >= 4 is 25.7 Å². The molecule has 2 fully saturated rings. The molecule has 0 spiro atoms. The Labute approximate surface area is 120 Å². The highest BCUT2D eigenvalue weighted by molar-refractivity contribution is 7.92. The lowest BCUT2D eigenvalue weighted by Crippen LogP contribution is -2.44. The van der Waals surface area contributed by atoms with Crippen molar-refractivity contribution in [3.63, 3.8) is 0 Å². The maximum Gasteiger partial charge on any atom is 0.217 e. The molecule has 1 aliphatic carbocycles. The summed E-state index contributed by atoms with van der Waals surface area (Å²) in [5.74, 6) is -0.137. The molecule has 1 saturated carbocycles. The zero-order valence-electron chi connectivity index (χ0n) is 11.3. The summed E-state index contributed by atoms with van der Waals surface area (Å²) in [6.07, 6.45) is 2.24. The smallest absolute Gasteiger partial charge is 0.217 e. The fourth-order valence-electron chi connectivity index (χ4n) is 2.47. The molecule has 0 amide bonds. The molecule has 0 aromatic heterocycles. The second kappa shape index (κ2) is 5.61. The predicted molar refractivity (Wildman–Crippen MR) is 76.9 cm³/mol. The second-order valence-corrected chi connectivity index (χ2v) is 9.98. The van der Waals surface area contributed by atoms with Crippen LogP contribution in [0, 0.1) is 5.41 Å². The van der Waals surface area contributed by atoms with E-state index in [0.717, 1.165) is 12.8 Å². The third-order valence-electron chi connectivity index (χ3n) is 3.81. The van der Waals surface area contributed by atoms with Crippen LogP contribution in [0.5, 0.6) is 0 Å². The number of amidine groups is 1. The number of sulfonamides is 1. The summed E-state index contributed by atoms with van der Waals surface area (Å²) in [5.41, 5.74) is 5.30. The van der Waals surface area contributed by atoms with Gasteiger partial charge < -0.3 is 5.73 Å². The normalized spacial score (nSPS) is 23.9. The van der Waals surface area contributed by atoms with Gasteiger partial charge >= 0.3 is 0 Å². The molecule has 1 aliphatic heterocycles. The lowest BCUT2D eigenvalue weighted by Gasteiger charge is -2.29. The van der Waals surface area contributed by atoms with Gasteiger partial charge in [0.15, 0.2) is 0 Å². The van der Waals surface area contributed by atoms with Crippen molar-refractivity contribution in [1.82, 2.24) is 4.31 Å². The van der Waals surface area contributed by atoms with Crippen molar-refractivity contribution in [2.75, 3.05) is 18.1 Å². The molecule has 0 unspecified atom stereocenters. The van der Waals surface area contributed by atoms with Gasteiger partial charge in [0.05, 0.1) is 22.6 Å². The Kier molecular flexibility index (Phi) is 4.41. The van der Waals surface area contributed by atoms with Gasteiger partial charge in [-0.25, -0.2) is 16.8 Å². The van der Waals surface area contributed by atoms with Crippen molar-refractivity contribution in [2.45, 2.75) is 43.4 Å². The summed E-state index contributed by atoms with van der Waals surface area (Å²) in [5, 5.41) is 6.61. The first kappa shape index (κ1) is 15.7. The molecule has 2 aliphatic rings. The van der Waals surface area contributed by atoms with Gasteiger partial charge in [-0.1, -0.05) is 0 Å². The molecule has 9 heteroatoms. The minimum absolute atomic E-state index is 0.0119. The lowest BCUT2D eigenvalue weighted by molar-refractivity contribution is 0.400. The highest BCUT2D eigenvalue weighted by atomic mass is 32.2. The molecule has 2 rings (SSSR count). The summed E-state index contributed by atoms with van der Waals surface area (Å²) in [4.78, 5) is 0. The summed E-state index contributed by atoms with van der Waals surface area (Å²) >= 11 is 0. The topological polar surface area (TPSA) is 121 Å². The fourth-order valence-corrected chi connectivity index (χ4v) is 6.44. The number of hydrogen-bond acceptors (Lipinski definition) is 5. The molecule has 0 aromatic carbocycles. The average molecular weight is 323 g/mol. The molecule has 1 saturated heterocycles. The summed E-state index contributed by atoms with van der Waals surface area (Å²) in [6.45, 7) is 0.228. The van der Waals surface area contributed by atoms with E-state index in [4.69, 9.17) is 11.1 Å². The van der Waals surface area contributed by atoms with Crippen LogP contribution in [0.2, 0.25) is 0 Å². The van der Waals surface area contributed by atoms with Gasteiger partial charge in [0, 0.05) is 19.0 Å². The maximum atomic E-state index is 12.6. The number of rotatable bonds is 6. The van der Waals surface area contributed by atoms with E-state index in [1.807, 2.05) is 0 Å². The Morgan fingerprint density at radius 3 is 2.20 bits per heavy atom. The first-order chi connectivity index (χ1) is 9.22. The van der Waals surface area contributed by atoms with E-state index in [9.17, 15) is 16.8 Å². The van der Waals surface area contributed by atoms with E-state index in [-0.39, 0.29) is 49.2 Å². The number of nitrogens with two attached hydrogens (primary N) is 1. The molecular formula is C11H21N3O4S2. The van der Waals surface area contributed by atoms with E-state index in [2.05, 4.69) is 0 Å². The first-order valence-corrected chi connectivity index (χ1v) is 10.1. The molecule has 0 radical (unpaired) electrons. The van der Waals surface area contributed by atoms with Gasteiger partial charge in [0.2, 0.25) is 10.0 Å². The zero-order valence-corrected chi connectivity index (χ0v) is 12.9. The molecule has 20 heavy (non-hydrogen) atoms. The van der Waals surface area contributed by atoms with E-state index < -0.39 is 25.1 Å². The Morgan fingerprint density at radius 2 is 1.75 bits per heavy atom. The van der Waals surface area contributed by atoms with Crippen LogP contribution in [0.25, 0.3) is 0 Å². The number of nitrogens with zero attached hydrogens (tertiary/aromatic N) is 1. The van der Waals surface area contributed by atoms with Gasteiger partial charge in [-0.2, -0.15) is 4.31 Å². The van der Waals surface area contributed by atoms with Gasteiger partial charge in [-0.15, -0.1) is 0 Å². The summed E-state index contributed by atoms with van der Waals surface area (Å²) < 4.78 is 49.5. The van der Waals surface area contributed by atoms with E-state index >= 15 is 0 Å². The van der Waals surface area contributed by atoms with Gasteiger partial charge in [-0.3, -0.25) is 5.41 Å². The van der Waals surface area contributed by atoms with E-state index in [0.29, 0.717) is 0 Å². The van der Waals surface area contributed by atoms with Crippen molar-refractivity contribution in [3.05, 3.63) is 0 Å². The highest BCUT2D eigenvalue weighted by Crippen LogP contribution is 2.33. The Hall–Kier alpha value is -0.670. The number of sulfone groups is 1. The molecule has 3 N–H and O–H groups in total. The van der Waals surface area contributed by atoms with Crippen molar-refractivity contribution < 1.29 is 16.8 Å². The van der Waals surface area contributed by atoms with Crippen LogP contribution in [0.1, 0.15) is 32.1 Å². The van der Waals surface area contributed by atoms with Crippen molar-refractivity contribution in [2.24, 2.45) is 5.73 Å². The second-order valence-electron chi connectivity index (χ2n) is 5.51. The van der Waals surface area contributed by atoms with Crippen LogP contribution < -0.4 is 5.73 Å². The Balaban J connectivity index is 2.08. The maximum absolute atomic E-state index is 12.6. The van der Waals surface area contributed by atoms with E-state index in [1.54, 1.807) is 0 Å². The number of nitrogens with one attached hydrogen (secondary N) is 1. The third-order valence-corrected chi connectivity index (χ3v) is 7.97. The SMILES string of the molecule is N=C(N)CCN(C1CC1)S(=O)(=O)C1CCS(=O)(=O)CC1. The summed E-state index contributed by atoms with van der Waals surface area (Å²) in [7, 11) is -6.56. The molecule has 0 bridgehead atoms. The third kappa shape index (κ3) is 3.70.